The Morgan fingerprint density at radius 3 is 2.41 bits per heavy atom. The highest BCUT2D eigenvalue weighted by Crippen LogP contribution is 2.31. The van der Waals surface area contributed by atoms with Crippen LogP contribution in [0.3, 0.4) is 0 Å². The average molecular weight is 445 g/mol. The maximum atomic E-state index is 13.2. The molecule has 1 aliphatic rings. The van der Waals surface area contributed by atoms with Crippen LogP contribution in [0.2, 0.25) is 0 Å². The predicted octanol–water partition coefficient (Wildman–Crippen LogP) is 3.12. The first-order chi connectivity index (χ1) is 15.3. The number of hydrogen-bond acceptors (Lipinski definition) is 6. The SMILES string of the molecule is COC(=O)c1cccc(OC)c1OCC(=O)N1C[C@H](C)N(Cc2ccc(F)cc2)C[C@H]1C. The number of nitrogens with zero attached hydrogens (tertiary/aromatic N) is 2. The molecule has 0 bridgehead atoms. The number of benzene rings is 2. The highest BCUT2D eigenvalue weighted by atomic mass is 19.1. The number of amides is 1. The second-order valence-electron chi connectivity index (χ2n) is 7.92. The molecule has 32 heavy (non-hydrogen) atoms. The number of piperazine rings is 1. The van der Waals surface area contributed by atoms with Gasteiger partial charge in [-0.15, -0.1) is 0 Å². The van der Waals surface area contributed by atoms with Crippen LogP contribution < -0.4 is 9.47 Å². The molecule has 1 saturated heterocycles. The second-order valence-corrected chi connectivity index (χ2v) is 7.92. The summed E-state index contributed by atoms with van der Waals surface area (Å²) in [7, 11) is 2.75. The molecule has 3 rings (SSSR count). The van der Waals surface area contributed by atoms with Crippen LogP contribution in [0.25, 0.3) is 0 Å². The van der Waals surface area contributed by atoms with Crippen molar-refractivity contribution in [3.05, 3.63) is 59.4 Å². The van der Waals surface area contributed by atoms with E-state index < -0.39 is 5.97 Å². The van der Waals surface area contributed by atoms with Crippen molar-refractivity contribution < 1.29 is 28.2 Å². The molecule has 2 atom stereocenters. The summed E-state index contributed by atoms with van der Waals surface area (Å²) in [5.74, 6) is -0.455. The third-order valence-corrected chi connectivity index (χ3v) is 5.68. The number of methoxy groups -OCH3 is 2. The zero-order valence-corrected chi connectivity index (χ0v) is 18.8. The van der Waals surface area contributed by atoms with E-state index in [0.29, 0.717) is 25.4 Å². The summed E-state index contributed by atoms with van der Waals surface area (Å²) >= 11 is 0. The van der Waals surface area contributed by atoms with Gasteiger partial charge in [-0.2, -0.15) is 0 Å². The minimum Gasteiger partial charge on any atom is -0.493 e. The molecule has 2 aromatic carbocycles. The monoisotopic (exact) mass is 444 g/mol. The average Bonchev–Trinajstić information content (AvgIpc) is 2.80. The molecule has 0 unspecified atom stereocenters. The van der Waals surface area contributed by atoms with E-state index in [4.69, 9.17) is 14.2 Å². The van der Waals surface area contributed by atoms with Crippen molar-refractivity contribution in [2.24, 2.45) is 0 Å². The summed E-state index contributed by atoms with van der Waals surface area (Å²) in [5, 5.41) is 0. The molecule has 0 N–H and O–H groups in total. The molecule has 0 spiro atoms. The van der Waals surface area contributed by atoms with Gasteiger partial charge in [-0.1, -0.05) is 18.2 Å². The van der Waals surface area contributed by atoms with Crippen LogP contribution in [0, 0.1) is 5.82 Å². The molecule has 1 heterocycles. The Bertz CT molecular complexity index is 950. The number of rotatable bonds is 7. The standard InChI is InChI=1S/C24H29FN2O5/c1-16-13-27(17(2)12-26(16)14-18-8-10-19(25)11-9-18)22(28)15-32-23-20(24(29)31-4)6-5-7-21(23)30-3/h5-11,16-17H,12-15H2,1-4H3/t16-,17+/m0/s1. The third-order valence-electron chi connectivity index (χ3n) is 5.68. The van der Waals surface area contributed by atoms with E-state index >= 15 is 0 Å². The molecule has 2 aromatic rings. The maximum Gasteiger partial charge on any atom is 0.341 e. The van der Waals surface area contributed by atoms with Gasteiger partial charge in [0.25, 0.3) is 5.91 Å². The minimum atomic E-state index is -0.567. The zero-order chi connectivity index (χ0) is 23.3. The number of carbonyl (C=O) groups excluding carboxylic acids is 2. The van der Waals surface area contributed by atoms with E-state index in [1.165, 1.54) is 26.4 Å². The Kier molecular flexibility index (Phi) is 7.69. The van der Waals surface area contributed by atoms with Crippen LogP contribution in [0.4, 0.5) is 4.39 Å². The van der Waals surface area contributed by atoms with Crippen LogP contribution in [-0.4, -0.2) is 67.7 Å². The Balaban J connectivity index is 1.64. The lowest BCUT2D eigenvalue weighted by Gasteiger charge is -2.44. The lowest BCUT2D eigenvalue weighted by molar-refractivity contribution is -0.139. The van der Waals surface area contributed by atoms with Crippen molar-refractivity contribution >= 4 is 11.9 Å². The van der Waals surface area contributed by atoms with Crippen LogP contribution >= 0.6 is 0 Å². The number of ether oxygens (including phenoxy) is 3. The Morgan fingerprint density at radius 2 is 1.75 bits per heavy atom. The van der Waals surface area contributed by atoms with Crippen LogP contribution in [0.15, 0.2) is 42.5 Å². The highest BCUT2D eigenvalue weighted by Gasteiger charge is 2.32. The van der Waals surface area contributed by atoms with E-state index in [1.54, 1.807) is 35.2 Å². The predicted molar refractivity (Wildman–Crippen MR) is 117 cm³/mol. The van der Waals surface area contributed by atoms with E-state index in [9.17, 15) is 14.0 Å². The fourth-order valence-corrected chi connectivity index (χ4v) is 3.90. The first-order valence-electron chi connectivity index (χ1n) is 10.5. The number of halogens is 1. The first-order valence-corrected chi connectivity index (χ1v) is 10.5. The molecule has 1 fully saturated rings. The summed E-state index contributed by atoms with van der Waals surface area (Å²) in [6, 6.07) is 11.5. The minimum absolute atomic E-state index is 0.0273. The lowest BCUT2D eigenvalue weighted by Crippen LogP contribution is -2.58. The van der Waals surface area contributed by atoms with Gasteiger partial charge in [0.1, 0.15) is 11.4 Å². The maximum absolute atomic E-state index is 13.2. The number of para-hydroxylation sites is 1. The normalized spacial score (nSPS) is 18.8. The third kappa shape index (κ3) is 5.37. The van der Waals surface area contributed by atoms with E-state index in [1.807, 2.05) is 6.92 Å². The van der Waals surface area contributed by atoms with Crippen molar-refractivity contribution in [1.29, 1.82) is 0 Å². The van der Waals surface area contributed by atoms with E-state index in [0.717, 1.165) is 5.56 Å². The van der Waals surface area contributed by atoms with Gasteiger partial charge in [-0.05, 0) is 43.7 Å². The Labute approximate surface area is 187 Å². The van der Waals surface area contributed by atoms with Crippen molar-refractivity contribution in [1.82, 2.24) is 9.80 Å². The quantitative estimate of drug-likeness (QED) is 0.612. The van der Waals surface area contributed by atoms with Crippen molar-refractivity contribution in [2.45, 2.75) is 32.5 Å². The number of hydrogen-bond donors (Lipinski definition) is 0. The van der Waals surface area contributed by atoms with Gasteiger partial charge in [-0.25, -0.2) is 9.18 Å². The molecule has 1 aliphatic heterocycles. The summed E-state index contributed by atoms with van der Waals surface area (Å²) in [6.07, 6.45) is 0. The van der Waals surface area contributed by atoms with E-state index in [2.05, 4.69) is 11.8 Å². The van der Waals surface area contributed by atoms with E-state index in [-0.39, 0.29) is 41.7 Å². The van der Waals surface area contributed by atoms with Gasteiger partial charge in [0, 0.05) is 31.7 Å². The molecule has 0 radical (unpaired) electrons. The zero-order valence-electron chi connectivity index (χ0n) is 18.8. The van der Waals surface area contributed by atoms with Crippen molar-refractivity contribution in [3.63, 3.8) is 0 Å². The fourth-order valence-electron chi connectivity index (χ4n) is 3.90. The summed E-state index contributed by atoms with van der Waals surface area (Å²) in [5.41, 5.74) is 1.23. The topological polar surface area (TPSA) is 68.3 Å². The van der Waals surface area contributed by atoms with Crippen LogP contribution in [-0.2, 0) is 16.1 Å². The van der Waals surface area contributed by atoms with Gasteiger partial charge in [0.15, 0.2) is 18.1 Å². The smallest absolute Gasteiger partial charge is 0.341 e. The number of carbonyl (C=O) groups is 2. The van der Waals surface area contributed by atoms with Crippen molar-refractivity contribution in [2.75, 3.05) is 33.9 Å². The molecular weight excluding hydrogens is 415 g/mol. The highest BCUT2D eigenvalue weighted by molar-refractivity contribution is 5.93. The molecule has 8 heteroatoms. The fraction of sp³-hybridized carbons (Fsp3) is 0.417. The summed E-state index contributed by atoms with van der Waals surface area (Å²) in [4.78, 5) is 29.1. The molecule has 172 valence electrons. The van der Waals surface area contributed by atoms with Crippen LogP contribution in [0.1, 0.15) is 29.8 Å². The molecule has 0 aromatic heterocycles. The molecule has 1 amide bonds. The Morgan fingerprint density at radius 1 is 1.03 bits per heavy atom. The largest absolute Gasteiger partial charge is 0.493 e. The molecule has 0 aliphatic carbocycles. The van der Waals surface area contributed by atoms with Gasteiger partial charge in [-0.3, -0.25) is 9.69 Å². The number of esters is 1. The van der Waals surface area contributed by atoms with Gasteiger partial charge in [0.05, 0.1) is 14.2 Å². The molecule has 7 nitrogen and oxygen atoms in total. The lowest BCUT2D eigenvalue weighted by atomic mass is 10.1. The van der Waals surface area contributed by atoms with Crippen molar-refractivity contribution in [3.8, 4) is 11.5 Å². The van der Waals surface area contributed by atoms with Crippen LogP contribution in [0.5, 0.6) is 11.5 Å². The second kappa shape index (κ2) is 10.5. The summed E-state index contributed by atoms with van der Waals surface area (Å²) < 4.78 is 29.0. The molecular formula is C24H29FN2O5. The van der Waals surface area contributed by atoms with Gasteiger partial charge < -0.3 is 19.1 Å². The Hall–Kier alpha value is -3.13. The first kappa shape index (κ1) is 23.5. The summed E-state index contributed by atoms with van der Waals surface area (Å²) in [6.45, 7) is 5.75. The molecule has 0 saturated carbocycles. The van der Waals surface area contributed by atoms with Gasteiger partial charge >= 0.3 is 5.97 Å². The van der Waals surface area contributed by atoms with Gasteiger partial charge in [0.2, 0.25) is 0 Å².